The van der Waals surface area contributed by atoms with Crippen molar-refractivity contribution in [3.63, 3.8) is 0 Å². The maximum absolute atomic E-state index is 6.30. The maximum Gasteiger partial charge on any atom is 0.0708 e. The van der Waals surface area contributed by atoms with Gasteiger partial charge >= 0.3 is 0 Å². The highest BCUT2D eigenvalue weighted by molar-refractivity contribution is 6.30. The lowest BCUT2D eigenvalue weighted by Crippen LogP contribution is -2.31. The molecule has 1 heterocycles. The van der Waals surface area contributed by atoms with E-state index in [4.69, 9.17) is 16.3 Å². The van der Waals surface area contributed by atoms with Crippen LogP contribution in [0.3, 0.4) is 0 Å². The largest absolute Gasteiger partial charge is 0.370 e. The number of benzene rings is 1. The lowest BCUT2D eigenvalue weighted by molar-refractivity contribution is -0.0349. The van der Waals surface area contributed by atoms with Crippen molar-refractivity contribution in [1.82, 2.24) is 5.32 Å². The Kier molecular flexibility index (Phi) is 4.65. The zero-order valence-corrected chi connectivity index (χ0v) is 12.8. The van der Waals surface area contributed by atoms with Gasteiger partial charge in [-0.3, -0.25) is 0 Å². The van der Waals surface area contributed by atoms with E-state index in [1.807, 2.05) is 12.1 Å². The van der Waals surface area contributed by atoms with Gasteiger partial charge in [-0.25, -0.2) is 0 Å². The summed E-state index contributed by atoms with van der Waals surface area (Å²) in [4.78, 5) is 0. The average Bonchev–Trinajstić information content (AvgIpc) is 3.08. The summed E-state index contributed by atoms with van der Waals surface area (Å²) in [6.45, 7) is 2.00. The number of hydrogen-bond acceptors (Lipinski definition) is 2. The molecule has 1 spiro atoms. The van der Waals surface area contributed by atoms with E-state index in [2.05, 4.69) is 17.4 Å². The molecule has 1 saturated carbocycles. The number of ether oxygens (including phenoxy) is 1. The van der Waals surface area contributed by atoms with Gasteiger partial charge in [0.25, 0.3) is 0 Å². The van der Waals surface area contributed by atoms with Gasteiger partial charge in [0, 0.05) is 11.6 Å². The van der Waals surface area contributed by atoms with E-state index in [1.54, 1.807) is 0 Å². The summed E-state index contributed by atoms with van der Waals surface area (Å²) in [7, 11) is 0. The van der Waals surface area contributed by atoms with Gasteiger partial charge in [-0.15, -0.1) is 0 Å². The minimum atomic E-state index is 0.266. The number of rotatable bonds is 5. The molecular weight excluding hydrogens is 270 g/mol. The molecule has 2 nitrogen and oxygen atoms in total. The van der Waals surface area contributed by atoms with Crippen LogP contribution in [0, 0.1) is 0 Å². The van der Waals surface area contributed by atoms with Crippen molar-refractivity contribution in [2.45, 2.75) is 56.7 Å². The summed E-state index contributed by atoms with van der Waals surface area (Å²) < 4.78 is 6.30. The van der Waals surface area contributed by atoms with Gasteiger partial charge in [0.2, 0.25) is 0 Å². The van der Waals surface area contributed by atoms with E-state index >= 15 is 0 Å². The predicted octanol–water partition coefficient (Wildman–Crippen LogP) is 3.96. The Bertz CT molecular complexity index is 425. The molecule has 2 aliphatic rings. The van der Waals surface area contributed by atoms with Crippen LogP contribution in [0.15, 0.2) is 24.3 Å². The quantitative estimate of drug-likeness (QED) is 0.830. The van der Waals surface area contributed by atoms with Gasteiger partial charge < -0.3 is 10.1 Å². The van der Waals surface area contributed by atoms with Crippen molar-refractivity contribution in [2.24, 2.45) is 0 Å². The van der Waals surface area contributed by atoms with Gasteiger partial charge in [-0.1, -0.05) is 36.6 Å². The molecule has 0 aromatic heterocycles. The highest BCUT2D eigenvalue weighted by Gasteiger charge is 2.41. The number of halogens is 1. The molecule has 1 atom stereocenters. The summed E-state index contributed by atoms with van der Waals surface area (Å²) in [6, 6.07) is 8.12. The standard InChI is InChI=1S/C17H24ClNO/c18-15-5-3-14(4-6-15)8-12-19-13-16-7-11-17(20-16)9-1-2-10-17/h3-6,16,19H,1-2,7-13H2. The first-order chi connectivity index (χ1) is 9.76. The van der Waals surface area contributed by atoms with Crippen LogP contribution >= 0.6 is 11.6 Å². The van der Waals surface area contributed by atoms with Crippen LogP contribution in [0.1, 0.15) is 44.1 Å². The SMILES string of the molecule is Clc1ccc(CCNCC2CCC3(CCCC3)O2)cc1. The van der Waals surface area contributed by atoms with Crippen LogP contribution in [0.4, 0.5) is 0 Å². The van der Waals surface area contributed by atoms with Crippen molar-refractivity contribution < 1.29 is 4.74 Å². The minimum Gasteiger partial charge on any atom is -0.370 e. The lowest BCUT2D eigenvalue weighted by atomic mass is 9.98. The summed E-state index contributed by atoms with van der Waals surface area (Å²) in [5, 5.41) is 4.35. The van der Waals surface area contributed by atoms with E-state index in [0.29, 0.717) is 6.10 Å². The van der Waals surface area contributed by atoms with Gasteiger partial charge in [0.15, 0.2) is 0 Å². The maximum atomic E-state index is 6.30. The van der Waals surface area contributed by atoms with Gasteiger partial charge in [-0.2, -0.15) is 0 Å². The normalized spacial score (nSPS) is 24.6. The molecule has 0 radical (unpaired) electrons. The average molecular weight is 294 g/mol. The second-order valence-corrected chi connectivity index (χ2v) is 6.69. The Balaban J connectivity index is 1.35. The molecule has 1 aromatic rings. The Hall–Kier alpha value is -0.570. The molecule has 3 heteroatoms. The smallest absolute Gasteiger partial charge is 0.0708 e. The first-order valence-electron chi connectivity index (χ1n) is 7.89. The first-order valence-corrected chi connectivity index (χ1v) is 8.27. The number of hydrogen-bond donors (Lipinski definition) is 1. The van der Waals surface area contributed by atoms with Gasteiger partial charge in [-0.05, 0) is 56.3 Å². The topological polar surface area (TPSA) is 21.3 Å². The van der Waals surface area contributed by atoms with Crippen LogP contribution in [0.2, 0.25) is 5.02 Å². The highest BCUT2D eigenvalue weighted by Crippen LogP contribution is 2.43. The molecular formula is C17H24ClNO. The molecule has 3 rings (SSSR count). The molecule has 0 amide bonds. The molecule has 20 heavy (non-hydrogen) atoms. The van der Waals surface area contributed by atoms with E-state index < -0.39 is 0 Å². The van der Waals surface area contributed by atoms with E-state index in [-0.39, 0.29) is 5.60 Å². The van der Waals surface area contributed by atoms with Crippen molar-refractivity contribution in [2.75, 3.05) is 13.1 Å². The third-order valence-corrected chi connectivity index (χ3v) is 4.98. The van der Waals surface area contributed by atoms with Gasteiger partial charge in [0.1, 0.15) is 0 Å². The van der Waals surface area contributed by atoms with Crippen LogP contribution in [-0.2, 0) is 11.2 Å². The second kappa shape index (κ2) is 6.46. The Morgan fingerprint density at radius 2 is 1.90 bits per heavy atom. The summed E-state index contributed by atoms with van der Waals surface area (Å²) >= 11 is 5.89. The summed E-state index contributed by atoms with van der Waals surface area (Å²) in [5.74, 6) is 0. The third-order valence-electron chi connectivity index (χ3n) is 4.73. The third kappa shape index (κ3) is 3.55. The zero-order valence-electron chi connectivity index (χ0n) is 12.0. The van der Waals surface area contributed by atoms with Crippen molar-refractivity contribution in [1.29, 1.82) is 0 Å². The van der Waals surface area contributed by atoms with E-state index in [9.17, 15) is 0 Å². The van der Waals surface area contributed by atoms with Crippen LogP contribution in [-0.4, -0.2) is 24.8 Å². The van der Waals surface area contributed by atoms with Crippen LogP contribution in [0.5, 0.6) is 0 Å². The summed E-state index contributed by atoms with van der Waals surface area (Å²) in [6.07, 6.45) is 9.27. The number of nitrogens with one attached hydrogen (secondary N) is 1. The Morgan fingerprint density at radius 1 is 1.15 bits per heavy atom. The fraction of sp³-hybridized carbons (Fsp3) is 0.647. The van der Waals surface area contributed by atoms with Crippen LogP contribution in [0.25, 0.3) is 0 Å². The molecule has 1 aromatic carbocycles. The van der Waals surface area contributed by atoms with E-state index in [0.717, 1.165) is 24.5 Å². The van der Waals surface area contributed by atoms with E-state index in [1.165, 1.54) is 44.1 Å². The van der Waals surface area contributed by atoms with Crippen molar-refractivity contribution in [3.05, 3.63) is 34.9 Å². The fourth-order valence-corrected chi connectivity index (χ4v) is 3.70. The fourth-order valence-electron chi connectivity index (χ4n) is 3.57. The molecule has 1 saturated heterocycles. The Labute approximate surface area is 126 Å². The molecule has 1 N–H and O–H groups in total. The zero-order chi connectivity index (χ0) is 13.8. The minimum absolute atomic E-state index is 0.266. The summed E-state index contributed by atoms with van der Waals surface area (Å²) in [5.41, 5.74) is 1.60. The highest BCUT2D eigenvalue weighted by atomic mass is 35.5. The van der Waals surface area contributed by atoms with Crippen LogP contribution < -0.4 is 5.32 Å². The van der Waals surface area contributed by atoms with Gasteiger partial charge in [0.05, 0.1) is 11.7 Å². The monoisotopic (exact) mass is 293 g/mol. The molecule has 0 bridgehead atoms. The first kappa shape index (κ1) is 14.4. The molecule has 1 unspecified atom stereocenters. The molecule has 1 aliphatic heterocycles. The van der Waals surface area contributed by atoms with Crippen molar-refractivity contribution >= 4 is 11.6 Å². The lowest BCUT2D eigenvalue weighted by Gasteiger charge is -2.23. The predicted molar refractivity (Wildman–Crippen MR) is 83.3 cm³/mol. The molecule has 2 fully saturated rings. The molecule has 1 aliphatic carbocycles. The Morgan fingerprint density at radius 3 is 2.65 bits per heavy atom. The second-order valence-electron chi connectivity index (χ2n) is 6.25. The van der Waals surface area contributed by atoms with Crippen molar-refractivity contribution in [3.8, 4) is 0 Å². The molecule has 110 valence electrons.